The molecule has 1 aromatic heterocycles. The van der Waals surface area contributed by atoms with Gasteiger partial charge in [-0.1, -0.05) is 23.7 Å². The average Bonchev–Trinajstić information content (AvgIpc) is 3.25. The van der Waals surface area contributed by atoms with Crippen LogP contribution in [-0.4, -0.2) is 11.9 Å². The Hall–Kier alpha value is -2.38. The van der Waals surface area contributed by atoms with Gasteiger partial charge < -0.3 is 9.15 Å². The maximum absolute atomic E-state index is 12.2. The van der Waals surface area contributed by atoms with Crippen LogP contribution in [0.15, 0.2) is 69.7 Å². The van der Waals surface area contributed by atoms with Crippen LogP contribution < -0.4 is 0 Å². The van der Waals surface area contributed by atoms with Crippen LogP contribution in [0.4, 0.5) is 0 Å². The van der Waals surface area contributed by atoms with Crippen molar-refractivity contribution in [2.75, 3.05) is 0 Å². The molecule has 1 aliphatic heterocycles. The van der Waals surface area contributed by atoms with Crippen LogP contribution >= 0.6 is 34.2 Å². The molecule has 0 bridgehead atoms. The van der Waals surface area contributed by atoms with Gasteiger partial charge in [-0.15, -0.1) is 0 Å². The van der Waals surface area contributed by atoms with Gasteiger partial charge in [0.2, 0.25) is 5.90 Å². The topological polar surface area (TPSA) is 51.8 Å². The molecule has 4 rings (SSSR count). The fourth-order valence-corrected chi connectivity index (χ4v) is 3.25. The molecule has 0 saturated heterocycles. The normalized spacial score (nSPS) is 15.1. The number of rotatable bonds is 3. The molecule has 0 unspecified atom stereocenters. The van der Waals surface area contributed by atoms with Crippen molar-refractivity contribution in [3.05, 3.63) is 85.8 Å². The molecule has 0 N–H and O–H groups in total. The summed E-state index contributed by atoms with van der Waals surface area (Å²) in [5.41, 5.74) is 2.85. The fraction of sp³-hybridized carbons (Fsp3) is 0.0476. The number of carbonyl (C=O) groups excluding carboxylic acids is 1. The van der Waals surface area contributed by atoms with Gasteiger partial charge >= 0.3 is 5.97 Å². The molecule has 2 aromatic carbocycles. The van der Waals surface area contributed by atoms with Crippen molar-refractivity contribution in [1.29, 1.82) is 0 Å². The lowest BCUT2D eigenvalue weighted by Crippen LogP contribution is -2.05. The van der Waals surface area contributed by atoms with Crippen LogP contribution in [0.2, 0.25) is 5.02 Å². The number of aliphatic imine (C=N–C) groups is 1. The van der Waals surface area contributed by atoms with Crippen LogP contribution in [0.5, 0.6) is 0 Å². The predicted octanol–water partition coefficient (Wildman–Crippen LogP) is 5.86. The lowest BCUT2D eigenvalue weighted by atomic mass is 10.1. The van der Waals surface area contributed by atoms with E-state index in [0.717, 1.165) is 20.3 Å². The number of carbonyl (C=O) groups is 1. The Morgan fingerprint density at radius 1 is 1.11 bits per heavy atom. The van der Waals surface area contributed by atoms with Crippen molar-refractivity contribution >= 4 is 52.1 Å². The molecule has 134 valence electrons. The van der Waals surface area contributed by atoms with Gasteiger partial charge in [0.1, 0.15) is 11.5 Å². The summed E-state index contributed by atoms with van der Waals surface area (Å²) in [6, 6.07) is 16.8. The molecule has 0 spiro atoms. The molecular formula is C21H13ClINO3. The maximum Gasteiger partial charge on any atom is 0.363 e. The van der Waals surface area contributed by atoms with Crippen molar-refractivity contribution in [2.45, 2.75) is 6.92 Å². The van der Waals surface area contributed by atoms with E-state index in [0.29, 0.717) is 22.4 Å². The minimum Gasteiger partial charge on any atom is -0.457 e. The highest BCUT2D eigenvalue weighted by atomic mass is 127. The lowest BCUT2D eigenvalue weighted by molar-refractivity contribution is -0.129. The van der Waals surface area contributed by atoms with E-state index in [4.69, 9.17) is 20.8 Å². The highest BCUT2D eigenvalue weighted by molar-refractivity contribution is 14.1. The van der Waals surface area contributed by atoms with Gasteiger partial charge in [-0.3, -0.25) is 0 Å². The van der Waals surface area contributed by atoms with E-state index in [1.807, 2.05) is 43.3 Å². The summed E-state index contributed by atoms with van der Waals surface area (Å²) in [6.45, 7) is 2.00. The van der Waals surface area contributed by atoms with Crippen molar-refractivity contribution in [2.24, 2.45) is 4.99 Å². The first-order chi connectivity index (χ1) is 13.0. The molecule has 2 heterocycles. The fourth-order valence-electron chi connectivity index (χ4n) is 2.68. The number of ether oxygens (including phenoxy) is 1. The Balaban J connectivity index is 1.64. The molecular weight excluding hydrogens is 477 g/mol. The Morgan fingerprint density at radius 3 is 2.70 bits per heavy atom. The molecule has 0 radical (unpaired) electrons. The molecule has 3 aromatic rings. The highest BCUT2D eigenvalue weighted by Crippen LogP contribution is 2.30. The second kappa shape index (κ2) is 7.32. The zero-order valence-electron chi connectivity index (χ0n) is 14.2. The van der Waals surface area contributed by atoms with Crippen molar-refractivity contribution < 1.29 is 13.9 Å². The summed E-state index contributed by atoms with van der Waals surface area (Å²) in [5, 5.41) is 0.598. The first-order valence-electron chi connectivity index (χ1n) is 8.15. The molecule has 0 aliphatic carbocycles. The number of hydrogen-bond donors (Lipinski definition) is 0. The number of furan rings is 1. The molecule has 0 amide bonds. The number of nitrogens with zero attached hydrogens (tertiary/aromatic N) is 1. The number of hydrogen-bond acceptors (Lipinski definition) is 4. The number of aryl methyl sites for hydroxylation is 1. The first kappa shape index (κ1) is 18.0. The summed E-state index contributed by atoms with van der Waals surface area (Å²) in [6.07, 6.45) is 1.56. The second-order valence-corrected chi connectivity index (χ2v) is 7.55. The zero-order valence-corrected chi connectivity index (χ0v) is 17.1. The summed E-state index contributed by atoms with van der Waals surface area (Å²) in [7, 11) is 0. The maximum atomic E-state index is 12.2. The van der Waals surface area contributed by atoms with Crippen LogP contribution in [0, 0.1) is 10.5 Å². The van der Waals surface area contributed by atoms with E-state index in [1.54, 1.807) is 24.3 Å². The Morgan fingerprint density at radius 2 is 1.93 bits per heavy atom. The molecule has 4 nitrogen and oxygen atoms in total. The number of esters is 1. The third-order valence-corrected chi connectivity index (χ3v) is 5.61. The van der Waals surface area contributed by atoms with Crippen LogP contribution in [-0.2, 0) is 9.53 Å². The predicted molar refractivity (Wildman–Crippen MR) is 114 cm³/mol. The second-order valence-electron chi connectivity index (χ2n) is 5.98. The Labute approximate surface area is 174 Å². The molecule has 1 aliphatic rings. The SMILES string of the molecule is Cc1cc(C2=N/C(=C\c3ccc(-c4ccccc4Cl)o3)C(=O)O2)ccc1I. The summed E-state index contributed by atoms with van der Waals surface area (Å²) in [5.74, 6) is 0.914. The highest BCUT2D eigenvalue weighted by Gasteiger charge is 2.25. The number of halogens is 2. The first-order valence-corrected chi connectivity index (χ1v) is 9.61. The van der Waals surface area contributed by atoms with Crippen LogP contribution in [0.1, 0.15) is 16.9 Å². The Kier molecular flexibility index (Phi) is 4.88. The van der Waals surface area contributed by atoms with Crippen molar-refractivity contribution in [1.82, 2.24) is 0 Å². The smallest absolute Gasteiger partial charge is 0.363 e. The van der Waals surface area contributed by atoms with Gasteiger partial charge in [-0.2, -0.15) is 0 Å². The average molecular weight is 490 g/mol. The van der Waals surface area contributed by atoms with Crippen molar-refractivity contribution in [3.63, 3.8) is 0 Å². The molecule has 6 heteroatoms. The monoisotopic (exact) mass is 489 g/mol. The molecule has 0 atom stereocenters. The van der Waals surface area contributed by atoms with Crippen LogP contribution in [0.3, 0.4) is 0 Å². The van der Waals surface area contributed by atoms with E-state index in [9.17, 15) is 4.79 Å². The number of cyclic esters (lactones) is 1. The van der Waals surface area contributed by atoms with Gasteiger partial charge in [0, 0.05) is 20.8 Å². The van der Waals surface area contributed by atoms with Gasteiger partial charge in [-0.05, 0) is 77.5 Å². The van der Waals surface area contributed by atoms with Gasteiger partial charge in [0.25, 0.3) is 0 Å². The summed E-state index contributed by atoms with van der Waals surface area (Å²) in [4.78, 5) is 16.5. The standard InChI is InChI=1S/C21H13ClINO3/c1-12-10-13(6-8-17(12)23)20-24-18(21(25)27-20)11-14-7-9-19(26-14)15-4-2-3-5-16(15)22/h2-11H,1H3/b18-11-. The minimum atomic E-state index is -0.503. The van der Waals surface area contributed by atoms with E-state index in [2.05, 4.69) is 27.6 Å². The van der Waals surface area contributed by atoms with Gasteiger partial charge in [-0.25, -0.2) is 9.79 Å². The van der Waals surface area contributed by atoms with E-state index in [1.165, 1.54) is 0 Å². The third-order valence-electron chi connectivity index (χ3n) is 4.07. The quantitative estimate of drug-likeness (QED) is 0.263. The van der Waals surface area contributed by atoms with Gasteiger partial charge in [0.05, 0.1) is 5.02 Å². The number of benzene rings is 2. The van der Waals surface area contributed by atoms with E-state index < -0.39 is 5.97 Å². The van der Waals surface area contributed by atoms with E-state index >= 15 is 0 Å². The summed E-state index contributed by atoms with van der Waals surface area (Å²) < 4.78 is 12.3. The molecule has 0 fully saturated rings. The minimum absolute atomic E-state index is 0.196. The van der Waals surface area contributed by atoms with Crippen LogP contribution in [0.25, 0.3) is 17.4 Å². The Bertz CT molecular complexity index is 1110. The van der Waals surface area contributed by atoms with E-state index in [-0.39, 0.29) is 5.70 Å². The summed E-state index contributed by atoms with van der Waals surface area (Å²) >= 11 is 8.46. The zero-order chi connectivity index (χ0) is 19.0. The van der Waals surface area contributed by atoms with Crippen molar-refractivity contribution in [3.8, 4) is 11.3 Å². The molecule has 27 heavy (non-hydrogen) atoms. The van der Waals surface area contributed by atoms with Gasteiger partial charge in [0.15, 0.2) is 5.70 Å². The molecule has 0 saturated carbocycles. The third kappa shape index (κ3) is 3.70. The lowest BCUT2D eigenvalue weighted by Gasteiger charge is -2.02. The largest absolute Gasteiger partial charge is 0.457 e.